The number of esters is 1. The van der Waals surface area contributed by atoms with Crippen LogP contribution in [0.5, 0.6) is 0 Å². The number of carbonyl (C=O) groups excluding carboxylic acids is 2. The fourth-order valence-corrected chi connectivity index (χ4v) is 2.08. The second-order valence-corrected chi connectivity index (χ2v) is 4.59. The van der Waals surface area contributed by atoms with Gasteiger partial charge in [0.25, 0.3) is 0 Å². The minimum absolute atomic E-state index is 0.202. The second-order valence-electron chi connectivity index (χ2n) is 4.59. The number of ether oxygens (including phenoxy) is 1. The van der Waals surface area contributed by atoms with Gasteiger partial charge in [0.15, 0.2) is 0 Å². The van der Waals surface area contributed by atoms with Gasteiger partial charge in [0.05, 0.1) is 6.61 Å². The molecule has 5 nitrogen and oxygen atoms in total. The third-order valence-electron chi connectivity index (χ3n) is 3.06. The molecule has 0 saturated heterocycles. The summed E-state index contributed by atoms with van der Waals surface area (Å²) in [7, 11) is 0. The van der Waals surface area contributed by atoms with E-state index in [1.54, 1.807) is 6.92 Å². The number of H-pyrrole nitrogens is 1. The minimum Gasteiger partial charge on any atom is -0.459 e. The highest BCUT2D eigenvalue weighted by Gasteiger charge is 2.13. The molecule has 0 fully saturated rings. The highest BCUT2D eigenvalue weighted by molar-refractivity contribution is 6.32. The topological polar surface area (TPSA) is 71.2 Å². The van der Waals surface area contributed by atoms with Gasteiger partial charge in [0, 0.05) is 23.6 Å². The molecule has 0 saturated carbocycles. The van der Waals surface area contributed by atoms with E-state index in [9.17, 15) is 9.59 Å². The molecule has 0 radical (unpaired) electrons. The van der Waals surface area contributed by atoms with E-state index in [0.29, 0.717) is 13.0 Å². The first-order chi connectivity index (χ1) is 9.61. The Hall–Kier alpha value is -2.30. The number of carbonyl (C=O) groups is 2. The van der Waals surface area contributed by atoms with Crippen molar-refractivity contribution in [3.05, 3.63) is 35.5 Å². The van der Waals surface area contributed by atoms with Gasteiger partial charge in [0.1, 0.15) is 0 Å². The lowest BCUT2D eigenvalue weighted by atomic mass is 10.1. The van der Waals surface area contributed by atoms with E-state index in [0.717, 1.165) is 16.5 Å². The summed E-state index contributed by atoms with van der Waals surface area (Å²) in [5.41, 5.74) is 3.38. The van der Waals surface area contributed by atoms with Crippen molar-refractivity contribution < 1.29 is 14.3 Å². The lowest BCUT2D eigenvalue weighted by Gasteiger charge is -2.04. The fraction of sp³-hybridized carbons (Fsp3) is 0.333. The Morgan fingerprint density at radius 2 is 2.15 bits per heavy atom. The SMILES string of the molecule is CCOC(=O)C(=O)NCCc1c[nH]c2ccc(C)cc12. The van der Waals surface area contributed by atoms with Crippen molar-refractivity contribution >= 4 is 22.8 Å². The summed E-state index contributed by atoms with van der Waals surface area (Å²) in [4.78, 5) is 25.7. The molecule has 20 heavy (non-hydrogen) atoms. The normalized spacial score (nSPS) is 10.5. The van der Waals surface area contributed by atoms with Gasteiger partial charge in [-0.1, -0.05) is 11.6 Å². The van der Waals surface area contributed by atoms with Crippen LogP contribution in [0.1, 0.15) is 18.1 Å². The number of nitrogens with one attached hydrogen (secondary N) is 2. The van der Waals surface area contributed by atoms with Crippen LogP contribution in [0.4, 0.5) is 0 Å². The van der Waals surface area contributed by atoms with Crippen LogP contribution in [0.25, 0.3) is 10.9 Å². The maximum Gasteiger partial charge on any atom is 0.396 e. The molecule has 0 atom stereocenters. The predicted octanol–water partition coefficient (Wildman–Crippen LogP) is 1.70. The van der Waals surface area contributed by atoms with Crippen LogP contribution in [0.2, 0.25) is 0 Å². The first-order valence-corrected chi connectivity index (χ1v) is 6.63. The number of aromatic nitrogens is 1. The van der Waals surface area contributed by atoms with Gasteiger partial charge in [-0.25, -0.2) is 4.79 Å². The molecule has 106 valence electrons. The number of hydrogen-bond donors (Lipinski definition) is 2. The van der Waals surface area contributed by atoms with Crippen LogP contribution < -0.4 is 5.32 Å². The van der Waals surface area contributed by atoms with Crippen molar-refractivity contribution in [1.82, 2.24) is 10.3 Å². The van der Waals surface area contributed by atoms with Crippen LogP contribution in [0.15, 0.2) is 24.4 Å². The molecule has 1 aromatic heterocycles. The van der Waals surface area contributed by atoms with E-state index >= 15 is 0 Å². The summed E-state index contributed by atoms with van der Waals surface area (Å²) in [5, 5.41) is 3.71. The Balaban J connectivity index is 1.95. The summed E-state index contributed by atoms with van der Waals surface area (Å²) in [6.45, 7) is 4.31. The van der Waals surface area contributed by atoms with Gasteiger partial charge < -0.3 is 15.0 Å². The molecule has 2 rings (SSSR count). The molecular formula is C15H18N2O3. The monoisotopic (exact) mass is 274 g/mol. The van der Waals surface area contributed by atoms with Crippen molar-refractivity contribution in [2.45, 2.75) is 20.3 Å². The van der Waals surface area contributed by atoms with Gasteiger partial charge in [-0.2, -0.15) is 0 Å². The largest absolute Gasteiger partial charge is 0.459 e. The number of amides is 1. The summed E-state index contributed by atoms with van der Waals surface area (Å²) >= 11 is 0. The maximum atomic E-state index is 11.4. The van der Waals surface area contributed by atoms with E-state index < -0.39 is 11.9 Å². The standard InChI is InChI=1S/C15H18N2O3/c1-3-20-15(19)14(18)16-7-6-11-9-17-13-5-4-10(2)8-12(11)13/h4-5,8-9,17H,3,6-7H2,1-2H3,(H,16,18). The predicted molar refractivity (Wildman–Crippen MR) is 76.4 cm³/mol. The molecule has 1 heterocycles. The highest BCUT2D eigenvalue weighted by atomic mass is 16.5. The van der Waals surface area contributed by atoms with Crippen molar-refractivity contribution in [1.29, 1.82) is 0 Å². The second kappa shape index (κ2) is 6.23. The summed E-state index contributed by atoms with van der Waals surface area (Å²) in [6.07, 6.45) is 2.59. The van der Waals surface area contributed by atoms with Crippen molar-refractivity contribution in [3.8, 4) is 0 Å². The molecule has 1 aromatic carbocycles. The Morgan fingerprint density at radius 1 is 1.35 bits per heavy atom. The Kier molecular flexibility index (Phi) is 4.40. The van der Waals surface area contributed by atoms with E-state index in [-0.39, 0.29) is 6.61 Å². The zero-order valence-electron chi connectivity index (χ0n) is 11.7. The van der Waals surface area contributed by atoms with Gasteiger partial charge in [0.2, 0.25) is 0 Å². The molecule has 0 bridgehead atoms. The Bertz CT molecular complexity index is 631. The molecule has 0 aliphatic heterocycles. The molecule has 1 amide bonds. The molecule has 0 aliphatic carbocycles. The number of fused-ring (bicyclic) bond motifs is 1. The molecule has 5 heteroatoms. The number of aromatic amines is 1. The number of benzene rings is 1. The first kappa shape index (κ1) is 14.1. The number of aryl methyl sites for hydroxylation is 1. The van der Waals surface area contributed by atoms with Crippen molar-refractivity contribution in [3.63, 3.8) is 0 Å². The minimum atomic E-state index is -0.831. The highest BCUT2D eigenvalue weighted by Crippen LogP contribution is 2.19. The zero-order chi connectivity index (χ0) is 14.5. The third-order valence-corrected chi connectivity index (χ3v) is 3.06. The third kappa shape index (κ3) is 3.17. The Morgan fingerprint density at radius 3 is 2.90 bits per heavy atom. The Labute approximate surface area is 117 Å². The lowest BCUT2D eigenvalue weighted by Crippen LogP contribution is -2.33. The average molecular weight is 274 g/mol. The van der Waals surface area contributed by atoms with Crippen LogP contribution in [-0.2, 0) is 20.7 Å². The molecular weight excluding hydrogens is 256 g/mol. The summed E-state index contributed by atoms with van der Waals surface area (Å²) < 4.78 is 4.62. The van der Waals surface area contributed by atoms with Gasteiger partial charge in [-0.3, -0.25) is 4.79 Å². The average Bonchev–Trinajstić information content (AvgIpc) is 2.81. The maximum absolute atomic E-state index is 11.4. The van der Waals surface area contributed by atoms with E-state index in [1.165, 1.54) is 5.56 Å². The van der Waals surface area contributed by atoms with Crippen LogP contribution >= 0.6 is 0 Å². The summed E-state index contributed by atoms with van der Waals surface area (Å²) in [6, 6.07) is 6.19. The van der Waals surface area contributed by atoms with E-state index in [2.05, 4.69) is 21.1 Å². The molecule has 0 aliphatic rings. The van der Waals surface area contributed by atoms with Crippen LogP contribution in [-0.4, -0.2) is 30.0 Å². The molecule has 2 N–H and O–H groups in total. The van der Waals surface area contributed by atoms with E-state index in [1.807, 2.05) is 25.3 Å². The van der Waals surface area contributed by atoms with Crippen molar-refractivity contribution in [2.75, 3.05) is 13.2 Å². The van der Waals surface area contributed by atoms with Gasteiger partial charge >= 0.3 is 11.9 Å². The van der Waals surface area contributed by atoms with Gasteiger partial charge in [-0.05, 0) is 38.0 Å². The smallest absolute Gasteiger partial charge is 0.396 e. The molecule has 0 spiro atoms. The first-order valence-electron chi connectivity index (χ1n) is 6.63. The fourth-order valence-electron chi connectivity index (χ4n) is 2.08. The quantitative estimate of drug-likeness (QED) is 0.658. The number of rotatable bonds is 4. The summed E-state index contributed by atoms with van der Waals surface area (Å²) in [5.74, 6) is -1.52. The number of hydrogen-bond acceptors (Lipinski definition) is 3. The van der Waals surface area contributed by atoms with Gasteiger partial charge in [-0.15, -0.1) is 0 Å². The molecule has 2 aromatic rings. The van der Waals surface area contributed by atoms with Crippen molar-refractivity contribution in [2.24, 2.45) is 0 Å². The van der Waals surface area contributed by atoms with Crippen LogP contribution in [0, 0.1) is 6.92 Å². The lowest BCUT2D eigenvalue weighted by molar-refractivity contribution is -0.154. The van der Waals surface area contributed by atoms with E-state index in [4.69, 9.17) is 0 Å². The van der Waals surface area contributed by atoms with Crippen LogP contribution in [0.3, 0.4) is 0 Å². The zero-order valence-corrected chi connectivity index (χ0v) is 11.7. The molecule has 0 unspecified atom stereocenters.